The van der Waals surface area contributed by atoms with Gasteiger partial charge < -0.3 is 5.32 Å². The number of hydrogen-bond donors (Lipinski definition) is 1. The molecule has 0 saturated heterocycles. The van der Waals surface area contributed by atoms with E-state index in [0.717, 1.165) is 0 Å². The summed E-state index contributed by atoms with van der Waals surface area (Å²) in [5.74, 6) is 0.513. The lowest BCUT2D eigenvalue weighted by Gasteiger charge is -2.15. The van der Waals surface area contributed by atoms with E-state index in [1.807, 2.05) is 0 Å². The minimum Gasteiger partial charge on any atom is -0.365 e. The summed E-state index contributed by atoms with van der Waals surface area (Å²) < 4.78 is 40.0. The van der Waals surface area contributed by atoms with Gasteiger partial charge in [-0.3, -0.25) is 0 Å². The minimum absolute atomic E-state index is 0.0547. The first kappa shape index (κ1) is 16.2. The predicted molar refractivity (Wildman–Crippen MR) is 82.5 cm³/mol. The van der Waals surface area contributed by atoms with Gasteiger partial charge in [0.2, 0.25) is 0 Å². The summed E-state index contributed by atoms with van der Waals surface area (Å²) >= 11 is 4.58. The van der Waals surface area contributed by atoms with E-state index in [2.05, 4.69) is 26.2 Å². The Kier molecular flexibility index (Phi) is 5.16. The first-order valence-corrected chi connectivity index (χ1v) is 8.02. The number of halogens is 4. The lowest BCUT2D eigenvalue weighted by Crippen LogP contribution is -2.12. The molecule has 2 rings (SSSR count). The normalized spacial score (nSPS) is 11.5. The van der Waals surface area contributed by atoms with Crippen molar-refractivity contribution in [2.75, 3.05) is 11.6 Å². The van der Waals surface area contributed by atoms with Gasteiger partial charge in [0.05, 0.1) is 10.0 Å². The smallest absolute Gasteiger partial charge is 0.365 e. The molecule has 0 bridgehead atoms. The highest BCUT2D eigenvalue weighted by Gasteiger charge is 2.33. The Morgan fingerprint density at radius 2 is 2.05 bits per heavy atom. The van der Waals surface area contributed by atoms with E-state index >= 15 is 0 Å². The minimum atomic E-state index is -4.37. The van der Waals surface area contributed by atoms with Gasteiger partial charge >= 0.3 is 6.18 Å². The van der Waals surface area contributed by atoms with Gasteiger partial charge in [-0.05, 0) is 52.0 Å². The maximum Gasteiger partial charge on any atom is 0.416 e. The largest absolute Gasteiger partial charge is 0.416 e. The Morgan fingerprint density at radius 1 is 1.29 bits per heavy atom. The first-order chi connectivity index (χ1) is 9.91. The summed E-state index contributed by atoms with van der Waals surface area (Å²) in [6.45, 7) is 0.0547. The van der Waals surface area contributed by atoms with Crippen LogP contribution in [-0.2, 0) is 12.7 Å². The Hall–Kier alpha value is -1.21. The van der Waals surface area contributed by atoms with E-state index in [4.69, 9.17) is 0 Å². The van der Waals surface area contributed by atoms with E-state index in [1.165, 1.54) is 23.9 Å². The number of nitrogens with zero attached hydrogens (tertiary/aromatic N) is 1. The van der Waals surface area contributed by atoms with E-state index in [1.54, 1.807) is 30.7 Å². The molecule has 2 aromatic rings. The van der Waals surface area contributed by atoms with Gasteiger partial charge in [0, 0.05) is 17.6 Å². The average molecular weight is 377 g/mol. The number of anilines is 1. The van der Waals surface area contributed by atoms with Gasteiger partial charge in [-0.2, -0.15) is 13.2 Å². The number of aromatic nitrogens is 1. The molecule has 0 amide bonds. The van der Waals surface area contributed by atoms with Gasteiger partial charge in [0.25, 0.3) is 0 Å². The van der Waals surface area contributed by atoms with E-state index in [0.29, 0.717) is 15.2 Å². The summed E-state index contributed by atoms with van der Waals surface area (Å²) in [4.78, 5) is 4.66. The number of alkyl halides is 3. The maximum atomic E-state index is 13.1. The van der Waals surface area contributed by atoms with E-state index in [-0.39, 0.29) is 12.1 Å². The second-order valence-corrected chi connectivity index (χ2v) is 5.94. The summed E-state index contributed by atoms with van der Waals surface area (Å²) in [7, 11) is 0. The van der Waals surface area contributed by atoms with Crippen molar-refractivity contribution in [1.29, 1.82) is 0 Å². The molecule has 0 aliphatic carbocycles. The third-order valence-electron chi connectivity index (χ3n) is 2.83. The zero-order valence-electron chi connectivity index (χ0n) is 11.0. The van der Waals surface area contributed by atoms with Crippen molar-refractivity contribution < 1.29 is 13.2 Å². The molecule has 0 unspecified atom stereocenters. The highest BCUT2D eigenvalue weighted by atomic mass is 79.9. The van der Waals surface area contributed by atoms with Crippen molar-refractivity contribution in [3.05, 3.63) is 52.1 Å². The van der Waals surface area contributed by atoms with Crippen molar-refractivity contribution >= 4 is 33.5 Å². The topological polar surface area (TPSA) is 24.9 Å². The molecule has 0 spiro atoms. The molecular formula is C14H12BrF3N2S. The molecule has 2 nitrogen and oxygen atoms in total. The number of rotatable bonds is 4. The summed E-state index contributed by atoms with van der Waals surface area (Å²) in [5.41, 5.74) is -0.424. The van der Waals surface area contributed by atoms with Crippen molar-refractivity contribution in [1.82, 2.24) is 4.98 Å². The van der Waals surface area contributed by atoms with Crippen LogP contribution in [0.25, 0.3) is 0 Å². The molecule has 112 valence electrons. The van der Waals surface area contributed by atoms with E-state index in [9.17, 15) is 13.2 Å². The van der Waals surface area contributed by atoms with Crippen molar-refractivity contribution in [3.63, 3.8) is 0 Å². The van der Waals surface area contributed by atoms with Gasteiger partial charge in [-0.1, -0.05) is 6.07 Å². The Balaban J connectivity index is 2.26. The Bertz CT molecular complexity index is 632. The molecule has 0 saturated carbocycles. The Labute approximate surface area is 133 Å². The summed E-state index contributed by atoms with van der Waals surface area (Å²) in [6.07, 6.45) is -1.04. The molecule has 0 aliphatic heterocycles. The van der Waals surface area contributed by atoms with Gasteiger partial charge in [-0.15, -0.1) is 11.8 Å². The van der Waals surface area contributed by atoms with Crippen LogP contribution in [0.2, 0.25) is 0 Å². The molecule has 21 heavy (non-hydrogen) atoms. The van der Waals surface area contributed by atoms with Crippen LogP contribution in [0.5, 0.6) is 0 Å². The molecule has 1 aromatic carbocycles. The number of pyridine rings is 1. The zero-order chi connectivity index (χ0) is 15.5. The molecule has 0 aliphatic rings. The van der Waals surface area contributed by atoms with Crippen LogP contribution in [-0.4, -0.2) is 11.2 Å². The third kappa shape index (κ3) is 4.14. The van der Waals surface area contributed by atoms with Crippen molar-refractivity contribution in [3.8, 4) is 0 Å². The Morgan fingerprint density at radius 3 is 2.67 bits per heavy atom. The fourth-order valence-corrected chi connectivity index (χ4v) is 2.63. The van der Waals surface area contributed by atoms with Crippen LogP contribution < -0.4 is 5.32 Å². The monoisotopic (exact) mass is 376 g/mol. The lowest BCUT2D eigenvalue weighted by molar-refractivity contribution is -0.138. The highest BCUT2D eigenvalue weighted by molar-refractivity contribution is 9.10. The third-order valence-corrected chi connectivity index (χ3v) is 4.19. The van der Waals surface area contributed by atoms with Crippen LogP contribution in [0.1, 0.15) is 11.1 Å². The highest BCUT2D eigenvalue weighted by Crippen LogP contribution is 2.35. The van der Waals surface area contributed by atoms with Crippen LogP contribution in [0.3, 0.4) is 0 Å². The number of benzene rings is 1. The van der Waals surface area contributed by atoms with Crippen LogP contribution in [0, 0.1) is 0 Å². The van der Waals surface area contributed by atoms with E-state index < -0.39 is 11.7 Å². The van der Waals surface area contributed by atoms with Gasteiger partial charge in [0.1, 0.15) is 5.82 Å². The average Bonchev–Trinajstić information content (AvgIpc) is 2.45. The van der Waals surface area contributed by atoms with Gasteiger partial charge in [0.15, 0.2) is 0 Å². The zero-order valence-corrected chi connectivity index (χ0v) is 13.4. The molecule has 1 N–H and O–H groups in total. The maximum absolute atomic E-state index is 13.1. The summed E-state index contributed by atoms with van der Waals surface area (Å²) in [6, 6.07) is 7.87. The summed E-state index contributed by atoms with van der Waals surface area (Å²) in [5, 5.41) is 2.91. The molecule has 7 heteroatoms. The molecule has 1 heterocycles. The number of nitrogens with one attached hydrogen (secondary N) is 1. The van der Waals surface area contributed by atoms with Crippen LogP contribution in [0.4, 0.5) is 19.0 Å². The first-order valence-electron chi connectivity index (χ1n) is 6.00. The predicted octanol–water partition coefficient (Wildman–Crippen LogP) is 5.20. The molecule has 1 aromatic heterocycles. The van der Waals surface area contributed by atoms with Crippen molar-refractivity contribution in [2.24, 2.45) is 0 Å². The standard InChI is InChI=1S/C14H12BrF3N2S/c1-21-10-5-4-9(11(7-10)14(16,17)18)8-20-13-12(15)3-2-6-19-13/h2-7H,8H2,1H3,(H,19,20). The lowest BCUT2D eigenvalue weighted by atomic mass is 10.1. The second kappa shape index (κ2) is 6.70. The second-order valence-electron chi connectivity index (χ2n) is 4.21. The molecular weight excluding hydrogens is 365 g/mol. The molecule has 0 radical (unpaired) electrons. The SMILES string of the molecule is CSc1ccc(CNc2ncccc2Br)c(C(F)(F)F)c1. The van der Waals surface area contributed by atoms with Crippen molar-refractivity contribution in [2.45, 2.75) is 17.6 Å². The number of thioether (sulfide) groups is 1. The van der Waals surface area contributed by atoms with Gasteiger partial charge in [-0.25, -0.2) is 4.98 Å². The molecule has 0 fully saturated rings. The molecule has 0 atom stereocenters. The number of hydrogen-bond acceptors (Lipinski definition) is 3. The van der Waals surface area contributed by atoms with Crippen LogP contribution >= 0.6 is 27.7 Å². The van der Waals surface area contributed by atoms with Crippen LogP contribution in [0.15, 0.2) is 45.9 Å². The fraction of sp³-hybridized carbons (Fsp3) is 0.214. The fourth-order valence-electron chi connectivity index (χ4n) is 1.80. The quantitative estimate of drug-likeness (QED) is 0.742.